The van der Waals surface area contributed by atoms with Gasteiger partial charge in [0.2, 0.25) is 5.91 Å². The van der Waals surface area contributed by atoms with Crippen molar-refractivity contribution in [1.29, 1.82) is 0 Å². The largest absolute Gasteiger partial charge is 0.457 e. The molecule has 1 heterocycles. The smallest absolute Gasteiger partial charge is 0.231 e. The summed E-state index contributed by atoms with van der Waals surface area (Å²) in [5.74, 6) is 1.60. The molecule has 1 N–H and O–H groups in total. The molecule has 4 rings (SSSR count). The number of carbonyl (C=O) groups is 1. The van der Waals surface area contributed by atoms with Gasteiger partial charge in [-0.05, 0) is 48.2 Å². The Hall–Kier alpha value is -3.11. The molecule has 1 fully saturated rings. The lowest BCUT2D eigenvalue weighted by molar-refractivity contribution is -0.130. The van der Waals surface area contributed by atoms with E-state index in [0.29, 0.717) is 32.6 Å². The third kappa shape index (κ3) is 4.49. The Bertz CT molecular complexity index is 935. The number of hydrogen-bond acceptors (Lipinski definition) is 3. The molecule has 3 aromatic carbocycles. The molecule has 0 unspecified atom stereocenters. The molecule has 0 spiro atoms. The fourth-order valence-electron chi connectivity index (χ4n) is 3.82. The van der Waals surface area contributed by atoms with Gasteiger partial charge in [-0.15, -0.1) is 0 Å². The summed E-state index contributed by atoms with van der Waals surface area (Å²) in [4.78, 5) is 13.3. The predicted molar refractivity (Wildman–Crippen MR) is 113 cm³/mol. The molecule has 4 nitrogen and oxygen atoms in total. The molecule has 3 aromatic rings. The van der Waals surface area contributed by atoms with E-state index in [1.165, 1.54) is 0 Å². The Labute approximate surface area is 171 Å². The van der Waals surface area contributed by atoms with Crippen LogP contribution in [-0.4, -0.2) is 19.1 Å². The number of rotatable bonds is 6. The van der Waals surface area contributed by atoms with Crippen molar-refractivity contribution in [2.24, 2.45) is 0 Å². The van der Waals surface area contributed by atoms with E-state index in [1.54, 1.807) is 0 Å². The van der Waals surface area contributed by atoms with Gasteiger partial charge in [0.05, 0.1) is 5.41 Å². The van der Waals surface area contributed by atoms with Crippen molar-refractivity contribution in [2.45, 2.75) is 24.8 Å². The average Bonchev–Trinajstić information content (AvgIpc) is 2.79. The second kappa shape index (κ2) is 8.93. The molecular weight excluding hydrogens is 362 g/mol. The van der Waals surface area contributed by atoms with Crippen molar-refractivity contribution in [2.75, 3.05) is 13.2 Å². The van der Waals surface area contributed by atoms with E-state index in [4.69, 9.17) is 9.47 Å². The predicted octanol–water partition coefficient (Wildman–Crippen LogP) is 4.84. The molecule has 1 aliphatic heterocycles. The SMILES string of the molecule is O=C(NCc1cccc(Oc2ccccc2)c1)C1(c2ccccc2)CCOCC1. The maximum absolute atomic E-state index is 13.3. The number of nitrogens with one attached hydrogen (secondary N) is 1. The lowest BCUT2D eigenvalue weighted by Gasteiger charge is -2.36. The summed E-state index contributed by atoms with van der Waals surface area (Å²) in [5, 5.41) is 3.15. The van der Waals surface area contributed by atoms with Crippen LogP contribution in [0.25, 0.3) is 0 Å². The van der Waals surface area contributed by atoms with Gasteiger partial charge in [0.15, 0.2) is 0 Å². The molecule has 0 bridgehead atoms. The Morgan fingerprint density at radius 3 is 2.24 bits per heavy atom. The van der Waals surface area contributed by atoms with E-state index < -0.39 is 5.41 Å². The molecule has 0 radical (unpaired) electrons. The fourth-order valence-corrected chi connectivity index (χ4v) is 3.82. The normalized spacial score (nSPS) is 15.4. The zero-order valence-electron chi connectivity index (χ0n) is 16.3. The van der Waals surface area contributed by atoms with Gasteiger partial charge >= 0.3 is 0 Å². The Morgan fingerprint density at radius 1 is 0.862 bits per heavy atom. The second-order valence-corrected chi connectivity index (χ2v) is 7.31. The quantitative estimate of drug-likeness (QED) is 0.658. The molecule has 0 saturated carbocycles. The van der Waals surface area contributed by atoms with E-state index in [9.17, 15) is 4.79 Å². The molecule has 1 aliphatic rings. The summed E-state index contributed by atoms with van der Waals surface area (Å²) in [6, 6.07) is 27.5. The first-order valence-electron chi connectivity index (χ1n) is 10.00. The summed E-state index contributed by atoms with van der Waals surface area (Å²) >= 11 is 0. The van der Waals surface area contributed by atoms with E-state index >= 15 is 0 Å². The Morgan fingerprint density at radius 2 is 1.52 bits per heavy atom. The van der Waals surface area contributed by atoms with E-state index in [0.717, 1.165) is 22.6 Å². The summed E-state index contributed by atoms with van der Waals surface area (Å²) in [7, 11) is 0. The number of para-hydroxylation sites is 1. The fraction of sp³-hybridized carbons (Fsp3) is 0.240. The van der Waals surface area contributed by atoms with E-state index in [1.807, 2.05) is 84.9 Å². The van der Waals surface area contributed by atoms with Crippen molar-refractivity contribution in [3.63, 3.8) is 0 Å². The second-order valence-electron chi connectivity index (χ2n) is 7.31. The minimum Gasteiger partial charge on any atom is -0.457 e. The zero-order valence-corrected chi connectivity index (χ0v) is 16.3. The van der Waals surface area contributed by atoms with Gasteiger partial charge in [-0.1, -0.05) is 60.7 Å². The van der Waals surface area contributed by atoms with Crippen molar-refractivity contribution in [3.8, 4) is 11.5 Å². The van der Waals surface area contributed by atoms with E-state index in [-0.39, 0.29) is 5.91 Å². The van der Waals surface area contributed by atoms with Crippen molar-refractivity contribution >= 4 is 5.91 Å². The standard InChI is InChI=1S/C25H25NO3/c27-24(25(14-16-28-17-15-25)21-9-3-1-4-10-21)26-19-20-8-7-13-23(18-20)29-22-11-5-2-6-12-22/h1-13,18H,14-17,19H2,(H,26,27). The van der Waals surface area contributed by atoms with Crippen LogP contribution in [0.15, 0.2) is 84.9 Å². The van der Waals surface area contributed by atoms with Crippen molar-refractivity contribution in [1.82, 2.24) is 5.32 Å². The van der Waals surface area contributed by atoms with Crippen LogP contribution in [-0.2, 0) is 21.5 Å². The van der Waals surface area contributed by atoms with Gasteiger partial charge in [0.1, 0.15) is 11.5 Å². The van der Waals surface area contributed by atoms with Gasteiger partial charge in [0.25, 0.3) is 0 Å². The molecule has 0 aliphatic carbocycles. The van der Waals surface area contributed by atoms with Crippen LogP contribution in [0.3, 0.4) is 0 Å². The molecule has 1 amide bonds. The third-order valence-electron chi connectivity index (χ3n) is 5.44. The number of carbonyl (C=O) groups excluding carboxylic acids is 1. The summed E-state index contributed by atoms with van der Waals surface area (Å²) in [6.45, 7) is 1.66. The summed E-state index contributed by atoms with van der Waals surface area (Å²) in [5.41, 5.74) is 1.53. The minimum absolute atomic E-state index is 0.0568. The number of benzene rings is 3. The molecular formula is C25H25NO3. The number of ether oxygens (including phenoxy) is 2. The monoisotopic (exact) mass is 387 g/mol. The molecule has 29 heavy (non-hydrogen) atoms. The molecule has 148 valence electrons. The topological polar surface area (TPSA) is 47.6 Å². The minimum atomic E-state index is -0.530. The van der Waals surface area contributed by atoms with E-state index in [2.05, 4.69) is 5.32 Å². The van der Waals surface area contributed by atoms with Gasteiger partial charge in [-0.3, -0.25) is 4.79 Å². The molecule has 0 aromatic heterocycles. The summed E-state index contributed by atoms with van der Waals surface area (Å²) < 4.78 is 11.4. The van der Waals surface area contributed by atoms with Crippen LogP contribution >= 0.6 is 0 Å². The van der Waals surface area contributed by atoms with Gasteiger partial charge in [0, 0.05) is 19.8 Å². The number of amides is 1. The third-order valence-corrected chi connectivity index (χ3v) is 5.44. The highest BCUT2D eigenvalue weighted by molar-refractivity contribution is 5.88. The highest BCUT2D eigenvalue weighted by Gasteiger charge is 2.41. The van der Waals surface area contributed by atoms with Crippen molar-refractivity contribution < 1.29 is 14.3 Å². The molecule has 0 atom stereocenters. The van der Waals surface area contributed by atoms with Crippen molar-refractivity contribution in [3.05, 3.63) is 96.1 Å². The zero-order chi connectivity index (χ0) is 19.9. The molecule has 4 heteroatoms. The van der Waals surface area contributed by atoms with Crippen LogP contribution in [0.1, 0.15) is 24.0 Å². The Balaban J connectivity index is 1.46. The maximum atomic E-state index is 13.3. The summed E-state index contributed by atoms with van der Waals surface area (Å²) in [6.07, 6.45) is 1.39. The first kappa shape index (κ1) is 19.2. The lowest BCUT2D eigenvalue weighted by Crippen LogP contribution is -2.47. The number of hydrogen-bond donors (Lipinski definition) is 1. The van der Waals surface area contributed by atoms with Gasteiger partial charge in [-0.2, -0.15) is 0 Å². The first-order valence-corrected chi connectivity index (χ1v) is 10.00. The highest BCUT2D eigenvalue weighted by Crippen LogP contribution is 2.35. The van der Waals surface area contributed by atoms with Crippen LogP contribution in [0.5, 0.6) is 11.5 Å². The maximum Gasteiger partial charge on any atom is 0.231 e. The first-order chi connectivity index (χ1) is 14.3. The van der Waals surface area contributed by atoms with Crippen LogP contribution in [0, 0.1) is 0 Å². The Kier molecular flexibility index (Phi) is 5.92. The van der Waals surface area contributed by atoms with Gasteiger partial charge in [-0.25, -0.2) is 0 Å². The average molecular weight is 387 g/mol. The van der Waals surface area contributed by atoms with Crippen LogP contribution < -0.4 is 10.1 Å². The van der Waals surface area contributed by atoms with Gasteiger partial charge < -0.3 is 14.8 Å². The van der Waals surface area contributed by atoms with Crippen LogP contribution in [0.2, 0.25) is 0 Å². The highest BCUT2D eigenvalue weighted by atomic mass is 16.5. The van der Waals surface area contributed by atoms with Crippen LogP contribution in [0.4, 0.5) is 0 Å². The lowest BCUT2D eigenvalue weighted by atomic mass is 9.73. The molecule has 1 saturated heterocycles.